The second-order valence-corrected chi connectivity index (χ2v) is 5.65. The lowest BCUT2D eigenvalue weighted by atomic mass is 10.2. The van der Waals surface area contributed by atoms with Crippen molar-refractivity contribution in [2.45, 2.75) is 25.7 Å². The number of sulfonamides is 1. The van der Waals surface area contributed by atoms with Crippen LogP contribution in [0.15, 0.2) is 34.3 Å². The molecular weight excluding hydrogens is 282 g/mol. The van der Waals surface area contributed by atoms with Gasteiger partial charge in [0, 0.05) is 0 Å². The SMILES string of the molecule is CCO/N=C(\C)C(=O)NNS(=O)(=O)c1ccc(C)cc1. The Hall–Kier alpha value is -1.93. The highest BCUT2D eigenvalue weighted by molar-refractivity contribution is 7.89. The van der Waals surface area contributed by atoms with Gasteiger partial charge in [0.15, 0.2) is 0 Å². The number of rotatable bonds is 6. The minimum atomic E-state index is -3.80. The molecule has 2 N–H and O–H groups in total. The monoisotopic (exact) mass is 299 g/mol. The first-order valence-electron chi connectivity index (χ1n) is 5.92. The van der Waals surface area contributed by atoms with Gasteiger partial charge in [0.25, 0.3) is 15.9 Å². The minimum absolute atomic E-state index is 0.0125. The maximum atomic E-state index is 11.9. The van der Waals surface area contributed by atoms with E-state index in [9.17, 15) is 13.2 Å². The maximum absolute atomic E-state index is 11.9. The van der Waals surface area contributed by atoms with E-state index in [1.165, 1.54) is 19.1 Å². The number of hydrazine groups is 1. The number of amides is 1. The molecule has 0 unspecified atom stereocenters. The lowest BCUT2D eigenvalue weighted by molar-refractivity contribution is -0.115. The van der Waals surface area contributed by atoms with Crippen LogP contribution >= 0.6 is 0 Å². The number of oxime groups is 1. The molecule has 0 aliphatic heterocycles. The van der Waals surface area contributed by atoms with Gasteiger partial charge in [-0.1, -0.05) is 22.9 Å². The fourth-order valence-electron chi connectivity index (χ4n) is 1.18. The van der Waals surface area contributed by atoms with Gasteiger partial charge in [-0.3, -0.25) is 10.2 Å². The molecule has 0 heterocycles. The third kappa shape index (κ3) is 4.63. The summed E-state index contributed by atoms with van der Waals surface area (Å²) < 4.78 is 23.8. The predicted molar refractivity (Wildman–Crippen MR) is 74.4 cm³/mol. The van der Waals surface area contributed by atoms with E-state index in [0.29, 0.717) is 6.61 Å². The summed E-state index contributed by atoms with van der Waals surface area (Å²) in [6.07, 6.45) is 0. The molecule has 0 radical (unpaired) electrons. The first-order chi connectivity index (χ1) is 9.36. The zero-order valence-corrected chi connectivity index (χ0v) is 12.3. The molecule has 1 rings (SSSR count). The number of nitrogens with zero attached hydrogens (tertiary/aromatic N) is 1. The summed E-state index contributed by atoms with van der Waals surface area (Å²) in [5, 5.41) is 3.50. The molecule has 0 saturated heterocycles. The van der Waals surface area contributed by atoms with E-state index in [2.05, 4.69) is 10.6 Å². The second kappa shape index (κ2) is 7.01. The van der Waals surface area contributed by atoms with Crippen LogP contribution < -0.4 is 10.3 Å². The molecule has 0 aliphatic carbocycles. The fraction of sp³-hybridized carbons (Fsp3) is 0.333. The molecule has 1 aromatic rings. The molecule has 0 bridgehead atoms. The van der Waals surface area contributed by atoms with Gasteiger partial charge in [0.05, 0.1) is 4.90 Å². The number of carbonyl (C=O) groups is 1. The van der Waals surface area contributed by atoms with Crippen LogP contribution in [0.25, 0.3) is 0 Å². The highest BCUT2D eigenvalue weighted by atomic mass is 32.2. The van der Waals surface area contributed by atoms with Gasteiger partial charge in [-0.2, -0.15) is 0 Å². The Morgan fingerprint density at radius 1 is 1.30 bits per heavy atom. The molecule has 0 aromatic heterocycles. The van der Waals surface area contributed by atoms with E-state index >= 15 is 0 Å². The summed E-state index contributed by atoms with van der Waals surface area (Å²) in [4.78, 5) is 18.3. The van der Waals surface area contributed by atoms with Gasteiger partial charge in [-0.25, -0.2) is 8.42 Å². The topological polar surface area (TPSA) is 96.9 Å². The third-order valence-electron chi connectivity index (χ3n) is 2.29. The molecule has 7 nitrogen and oxygen atoms in total. The van der Waals surface area contributed by atoms with Crippen molar-refractivity contribution in [2.24, 2.45) is 5.16 Å². The number of aryl methyl sites for hydroxylation is 1. The third-order valence-corrected chi connectivity index (χ3v) is 3.55. The molecule has 1 amide bonds. The van der Waals surface area contributed by atoms with Crippen LogP contribution in [-0.4, -0.2) is 26.6 Å². The summed E-state index contributed by atoms with van der Waals surface area (Å²) in [5.41, 5.74) is 3.01. The van der Waals surface area contributed by atoms with Crippen molar-refractivity contribution in [3.05, 3.63) is 29.8 Å². The molecule has 8 heteroatoms. The van der Waals surface area contributed by atoms with Crippen molar-refractivity contribution >= 4 is 21.6 Å². The predicted octanol–water partition coefficient (Wildman–Crippen LogP) is 0.717. The average Bonchev–Trinajstić information content (AvgIpc) is 2.42. The molecule has 20 heavy (non-hydrogen) atoms. The van der Waals surface area contributed by atoms with Gasteiger partial charge in [-0.15, -0.1) is 4.83 Å². The molecule has 0 spiro atoms. The molecular formula is C12H17N3O4S. The highest BCUT2D eigenvalue weighted by Gasteiger charge is 2.15. The Balaban J connectivity index is 2.69. The quantitative estimate of drug-likeness (QED) is 0.597. The molecule has 0 fully saturated rings. The summed E-state index contributed by atoms with van der Waals surface area (Å²) in [6.45, 7) is 5.29. The van der Waals surface area contributed by atoms with Crippen molar-refractivity contribution in [2.75, 3.05) is 6.61 Å². The Bertz CT molecular complexity index is 594. The maximum Gasteiger partial charge on any atom is 0.283 e. The number of hydrogen-bond donors (Lipinski definition) is 2. The van der Waals surface area contributed by atoms with E-state index in [-0.39, 0.29) is 10.6 Å². The van der Waals surface area contributed by atoms with E-state index < -0.39 is 15.9 Å². The van der Waals surface area contributed by atoms with E-state index in [0.717, 1.165) is 5.56 Å². The first kappa shape index (κ1) is 16.1. The van der Waals surface area contributed by atoms with Crippen LogP contribution in [0.3, 0.4) is 0 Å². The summed E-state index contributed by atoms with van der Waals surface area (Å²) in [6, 6.07) is 6.23. The number of benzene rings is 1. The Labute approximate surface area is 118 Å². The van der Waals surface area contributed by atoms with Crippen molar-refractivity contribution in [3.63, 3.8) is 0 Å². The largest absolute Gasteiger partial charge is 0.396 e. The normalized spacial score (nSPS) is 12.1. The Kier molecular flexibility index (Phi) is 5.66. The first-order valence-corrected chi connectivity index (χ1v) is 7.40. The van der Waals surface area contributed by atoms with Gasteiger partial charge < -0.3 is 4.84 Å². The second-order valence-electron chi connectivity index (χ2n) is 3.97. The van der Waals surface area contributed by atoms with E-state index in [1.54, 1.807) is 19.1 Å². The van der Waals surface area contributed by atoms with Crippen molar-refractivity contribution in [1.82, 2.24) is 10.3 Å². The highest BCUT2D eigenvalue weighted by Crippen LogP contribution is 2.08. The summed E-state index contributed by atoms with van der Waals surface area (Å²) in [7, 11) is -3.80. The average molecular weight is 299 g/mol. The van der Waals surface area contributed by atoms with Crippen LogP contribution in [0, 0.1) is 6.92 Å². The van der Waals surface area contributed by atoms with Crippen LogP contribution in [0.4, 0.5) is 0 Å². The van der Waals surface area contributed by atoms with Crippen LogP contribution in [0.5, 0.6) is 0 Å². The van der Waals surface area contributed by atoms with Crippen LogP contribution in [0.2, 0.25) is 0 Å². The van der Waals surface area contributed by atoms with E-state index in [1.807, 2.05) is 11.8 Å². The van der Waals surface area contributed by atoms with Crippen LogP contribution in [-0.2, 0) is 19.7 Å². The van der Waals surface area contributed by atoms with Crippen LogP contribution in [0.1, 0.15) is 19.4 Å². The fourth-order valence-corrected chi connectivity index (χ4v) is 2.02. The van der Waals surface area contributed by atoms with Gasteiger partial charge in [-0.05, 0) is 32.9 Å². The van der Waals surface area contributed by atoms with Crippen molar-refractivity contribution in [1.29, 1.82) is 0 Å². The molecule has 0 atom stereocenters. The molecule has 0 aliphatic rings. The van der Waals surface area contributed by atoms with Gasteiger partial charge >= 0.3 is 0 Å². The number of hydrogen-bond acceptors (Lipinski definition) is 5. The van der Waals surface area contributed by atoms with E-state index in [4.69, 9.17) is 4.84 Å². The lowest BCUT2D eigenvalue weighted by Gasteiger charge is -2.08. The van der Waals surface area contributed by atoms with Gasteiger partial charge in [0.2, 0.25) is 0 Å². The van der Waals surface area contributed by atoms with Gasteiger partial charge in [0.1, 0.15) is 12.3 Å². The molecule has 0 saturated carbocycles. The Morgan fingerprint density at radius 3 is 2.45 bits per heavy atom. The van der Waals surface area contributed by atoms with Crippen molar-refractivity contribution < 1.29 is 18.0 Å². The summed E-state index contributed by atoms with van der Waals surface area (Å²) in [5.74, 6) is -0.686. The standard InChI is InChI=1S/C12H17N3O4S/c1-4-19-14-10(3)12(16)13-15-20(17,18)11-7-5-9(2)6-8-11/h5-8,15H,4H2,1-3H3,(H,13,16)/b14-10+. The zero-order valence-electron chi connectivity index (χ0n) is 11.5. The number of carbonyl (C=O) groups excluding carboxylic acids is 1. The smallest absolute Gasteiger partial charge is 0.283 e. The molecule has 1 aromatic carbocycles. The van der Waals surface area contributed by atoms with Crippen molar-refractivity contribution in [3.8, 4) is 0 Å². The lowest BCUT2D eigenvalue weighted by Crippen LogP contribution is -2.44. The Morgan fingerprint density at radius 2 is 1.90 bits per heavy atom. The number of nitrogens with one attached hydrogen (secondary N) is 2. The minimum Gasteiger partial charge on any atom is -0.396 e. The zero-order chi connectivity index (χ0) is 15.2. The molecule has 110 valence electrons. The summed E-state index contributed by atoms with van der Waals surface area (Å²) >= 11 is 0.